The Morgan fingerprint density at radius 1 is 1.36 bits per heavy atom. The topological polar surface area (TPSA) is 49.3 Å². The highest BCUT2D eigenvalue weighted by Gasteiger charge is 2.19. The van der Waals surface area contributed by atoms with Gasteiger partial charge in [0.05, 0.1) is 0 Å². The molecule has 0 unspecified atom stereocenters. The minimum Gasteiger partial charge on any atom is -0.396 e. The average Bonchev–Trinajstić information content (AvgIpc) is 2.07. The summed E-state index contributed by atoms with van der Waals surface area (Å²) in [5.41, 5.74) is 0. The highest BCUT2D eigenvalue weighted by molar-refractivity contribution is 5.46. The second-order valence-corrected chi connectivity index (χ2v) is 3.18. The van der Waals surface area contributed by atoms with Gasteiger partial charge in [0.25, 0.3) is 0 Å². The normalized spacial score (nSPS) is 31.4. The quantitative estimate of drug-likeness (QED) is 0.578. The number of aliphatic hydroxyl groups excluding tert-OH is 1. The number of nitrogens with one attached hydrogen (secondary N) is 1. The Bertz CT molecular complexity index is 119. The first-order valence-corrected chi connectivity index (χ1v) is 4.17. The molecule has 0 atom stereocenters. The summed E-state index contributed by atoms with van der Waals surface area (Å²) >= 11 is 0. The van der Waals surface area contributed by atoms with Gasteiger partial charge in [-0.1, -0.05) is 0 Å². The number of hydrogen-bond donors (Lipinski definition) is 2. The van der Waals surface area contributed by atoms with Crippen LogP contribution in [0.4, 0.5) is 0 Å². The molecule has 11 heavy (non-hydrogen) atoms. The molecular weight excluding hydrogens is 142 g/mol. The average molecular weight is 157 g/mol. The molecule has 2 N–H and O–H groups in total. The number of carbonyl (C=O) groups is 1. The molecule has 0 radical (unpaired) electrons. The maximum Gasteiger partial charge on any atom is 0.207 e. The number of aliphatic hydroxyl groups is 1. The van der Waals surface area contributed by atoms with Crippen molar-refractivity contribution in [3.8, 4) is 0 Å². The Kier molecular flexibility index (Phi) is 3.36. The van der Waals surface area contributed by atoms with Crippen molar-refractivity contribution in [1.29, 1.82) is 0 Å². The highest BCUT2D eigenvalue weighted by Crippen LogP contribution is 2.23. The van der Waals surface area contributed by atoms with Crippen LogP contribution >= 0.6 is 0 Å². The predicted molar refractivity (Wildman–Crippen MR) is 42.0 cm³/mol. The summed E-state index contributed by atoms with van der Waals surface area (Å²) in [7, 11) is 0. The molecule has 3 heteroatoms. The van der Waals surface area contributed by atoms with Crippen LogP contribution < -0.4 is 5.32 Å². The first-order valence-electron chi connectivity index (χ1n) is 4.17. The van der Waals surface area contributed by atoms with Gasteiger partial charge in [0, 0.05) is 12.6 Å². The van der Waals surface area contributed by atoms with Crippen molar-refractivity contribution in [1.82, 2.24) is 5.32 Å². The molecule has 0 bridgehead atoms. The molecule has 0 heterocycles. The van der Waals surface area contributed by atoms with Crippen LogP contribution in [0.2, 0.25) is 0 Å². The molecule has 0 spiro atoms. The summed E-state index contributed by atoms with van der Waals surface area (Å²) in [4.78, 5) is 10.1. The highest BCUT2D eigenvalue weighted by atomic mass is 16.3. The second kappa shape index (κ2) is 4.34. The Morgan fingerprint density at radius 2 is 2.00 bits per heavy atom. The van der Waals surface area contributed by atoms with Crippen molar-refractivity contribution in [3.63, 3.8) is 0 Å². The van der Waals surface area contributed by atoms with E-state index in [0.29, 0.717) is 18.6 Å². The van der Waals surface area contributed by atoms with Crippen LogP contribution in [-0.2, 0) is 4.79 Å². The maximum absolute atomic E-state index is 10.1. The minimum absolute atomic E-state index is 0.299. The van der Waals surface area contributed by atoms with E-state index in [1.165, 1.54) is 0 Å². The largest absolute Gasteiger partial charge is 0.396 e. The summed E-state index contributed by atoms with van der Waals surface area (Å²) in [5.74, 6) is 0.472. The smallest absolute Gasteiger partial charge is 0.207 e. The molecule has 1 aliphatic carbocycles. The van der Waals surface area contributed by atoms with E-state index < -0.39 is 0 Å². The van der Waals surface area contributed by atoms with Crippen molar-refractivity contribution in [2.75, 3.05) is 6.61 Å². The van der Waals surface area contributed by atoms with E-state index >= 15 is 0 Å². The maximum atomic E-state index is 10.1. The van der Waals surface area contributed by atoms with Crippen LogP contribution in [0.1, 0.15) is 25.7 Å². The summed E-state index contributed by atoms with van der Waals surface area (Å²) in [6.45, 7) is 0.299. The standard InChI is InChI=1S/C8H15NO2/c10-5-7-1-3-8(4-2-7)9-6-11/h6-8,10H,1-5H2,(H,9,11)/t7-,8-. The SMILES string of the molecule is O=CN[C@H]1CC[C@H](CO)CC1. The Balaban J connectivity index is 2.18. The van der Waals surface area contributed by atoms with Gasteiger partial charge in [-0.25, -0.2) is 0 Å². The van der Waals surface area contributed by atoms with E-state index in [0.717, 1.165) is 32.1 Å². The first kappa shape index (κ1) is 8.53. The van der Waals surface area contributed by atoms with E-state index in [1.807, 2.05) is 0 Å². The molecule has 0 saturated heterocycles. The number of hydrogen-bond acceptors (Lipinski definition) is 2. The Labute approximate surface area is 66.8 Å². The summed E-state index contributed by atoms with van der Waals surface area (Å²) in [5, 5.41) is 11.6. The summed E-state index contributed by atoms with van der Waals surface area (Å²) in [6, 6.07) is 0.357. The van der Waals surface area contributed by atoms with Gasteiger partial charge in [0.1, 0.15) is 0 Å². The fourth-order valence-electron chi connectivity index (χ4n) is 1.61. The summed E-state index contributed by atoms with van der Waals surface area (Å²) < 4.78 is 0. The van der Waals surface area contributed by atoms with Crippen LogP contribution in [0.3, 0.4) is 0 Å². The van der Waals surface area contributed by atoms with Gasteiger partial charge in [-0.05, 0) is 31.6 Å². The van der Waals surface area contributed by atoms with E-state index in [-0.39, 0.29) is 0 Å². The van der Waals surface area contributed by atoms with E-state index in [4.69, 9.17) is 5.11 Å². The molecule has 3 nitrogen and oxygen atoms in total. The number of amides is 1. The third-order valence-electron chi connectivity index (χ3n) is 2.41. The van der Waals surface area contributed by atoms with Crippen molar-refractivity contribution in [3.05, 3.63) is 0 Å². The molecular formula is C8H15NO2. The lowest BCUT2D eigenvalue weighted by atomic mass is 9.87. The zero-order valence-corrected chi connectivity index (χ0v) is 6.62. The first-order chi connectivity index (χ1) is 5.36. The monoisotopic (exact) mass is 157 g/mol. The van der Waals surface area contributed by atoms with Crippen LogP contribution in [-0.4, -0.2) is 24.2 Å². The molecule has 0 aromatic rings. The van der Waals surface area contributed by atoms with Crippen LogP contribution in [0.25, 0.3) is 0 Å². The van der Waals surface area contributed by atoms with Crippen molar-refractivity contribution in [2.24, 2.45) is 5.92 Å². The van der Waals surface area contributed by atoms with Gasteiger partial charge < -0.3 is 10.4 Å². The molecule has 1 rings (SSSR count). The third kappa shape index (κ3) is 2.50. The number of rotatable bonds is 3. The lowest BCUT2D eigenvalue weighted by Crippen LogP contribution is -2.32. The minimum atomic E-state index is 0.299. The Hall–Kier alpha value is -0.570. The molecule has 1 amide bonds. The number of carbonyl (C=O) groups excluding carboxylic acids is 1. The van der Waals surface area contributed by atoms with Crippen molar-refractivity contribution < 1.29 is 9.90 Å². The predicted octanol–water partition coefficient (Wildman–Crippen LogP) is 0.283. The van der Waals surface area contributed by atoms with Gasteiger partial charge in [0.15, 0.2) is 0 Å². The van der Waals surface area contributed by atoms with Gasteiger partial charge in [-0.2, -0.15) is 0 Å². The molecule has 64 valence electrons. The fraction of sp³-hybridized carbons (Fsp3) is 0.875. The molecule has 1 fully saturated rings. The van der Waals surface area contributed by atoms with Gasteiger partial charge in [0.2, 0.25) is 6.41 Å². The van der Waals surface area contributed by atoms with E-state index in [2.05, 4.69) is 5.32 Å². The van der Waals surface area contributed by atoms with Gasteiger partial charge in [-0.3, -0.25) is 4.79 Å². The lowest BCUT2D eigenvalue weighted by molar-refractivity contribution is -0.110. The molecule has 1 saturated carbocycles. The zero-order valence-electron chi connectivity index (χ0n) is 6.62. The van der Waals surface area contributed by atoms with Crippen molar-refractivity contribution >= 4 is 6.41 Å². The van der Waals surface area contributed by atoms with E-state index in [1.54, 1.807) is 0 Å². The van der Waals surface area contributed by atoms with E-state index in [9.17, 15) is 4.79 Å². The van der Waals surface area contributed by atoms with Gasteiger partial charge in [-0.15, -0.1) is 0 Å². The van der Waals surface area contributed by atoms with Crippen LogP contribution in [0.15, 0.2) is 0 Å². The zero-order chi connectivity index (χ0) is 8.10. The lowest BCUT2D eigenvalue weighted by Gasteiger charge is -2.26. The second-order valence-electron chi connectivity index (χ2n) is 3.18. The van der Waals surface area contributed by atoms with Crippen LogP contribution in [0, 0.1) is 5.92 Å². The summed E-state index contributed by atoms with van der Waals surface area (Å²) in [6.07, 6.45) is 4.89. The van der Waals surface area contributed by atoms with Gasteiger partial charge >= 0.3 is 0 Å². The third-order valence-corrected chi connectivity index (χ3v) is 2.41. The van der Waals surface area contributed by atoms with Crippen LogP contribution in [0.5, 0.6) is 0 Å². The van der Waals surface area contributed by atoms with Crippen molar-refractivity contribution in [2.45, 2.75) is 31.7 Å². The molecule has 0 aromatic carbocycles. The molecule has 0 aliphatic heterocycles. The molecule has 1 aliphatic rings. The fourth-order valence-corrected chi connectivity index (χ4v) is 1.61. The molecule has 0 aromatic heterocycles. The Morgan fingerprint density at radius 3 is 2.45 bits per heavy atom.